The minimum Gasteiger partial charge on any atom is -0.463 e. The second-order valence-corrected chi connectivity index (χ2v) is 9.60. The van der Waals surface area contributed by atoms with Crippen LogP contribution >= 0.6 is 11.6 Å². The third-order valence-corrected chi connectivity index (χ3v) is 6.96. The van der Waals surface area contributed by atoms with Gasteiger partial charge in [-0.05, 0) is 55.8 Å². The van der Waals surface area contributed by atoms with Crippen LogP contribution in [0.15, 0.2) is 59.8 Å². The highest BCUT2D eigenvalue weighted by atomic mass is 35.5. The summed E-state index contributed by atoms with van der Waals surface area (Å²) >= 11 is 5.96. The zero-order valence-electron chi connectivity index (χ0n) is 21.0. The Morgan fingerprint density at radius 1 is 1.11 bits per heavy atom. The van der Waals surface area contributed by atoms with Crippen LogP contribution in [0.5, 0.6) is 0 Å². The van der Waals surface area contributed by atoms with E-state index in [4.69, 9.17) is 16.3 Å². The second-order valence-electron chi connectivity index (χ2n) is 9.16. The molecule has 1 N–H and O–H groups in total. The van der Waals surface area contributed by atoms with Gasteiger partial charge in [0.15, 0.2) is 0 Å². The normalized spacial score (nSPS) is 20.6. The minimum absolute atomic E-state index is 0.0687. The highest BCUT2D eigenvalue weighted by Gasteiger charge is 2.38. The van der Waals surface area contributed by atoms with Crippen LogP contribution in [0.2, 0.25) is 5.02 Å². The van der Waals surface area contributed by atoms with Crippen molar-refractivity contribution in [2.45, 2.75) is 25.9 Å². The first-order valence-electron chi connectivity index (χ1n) is 12.2. The summed E-state index contributed by atoms with van der Waals surface area (Å²) in [5.74, 6) is -1.02. The molecule has 0 aromatic heterocycles. The van der Waals surface area contributed by atoms with Gasteiger partial charge in [-0.25, -0.2) is 14.0 Å². The molecule has 2 aliphatic heterocycles. The highest BCUT2D eigenvalue weighted by Crippen LogP contribution is 2.32. The highest BCUT2D eigenvalue weighted by molar-refractivity contribution is 6.30. The number of hydrogen-bond acceptors (Lipinski definition) is 5. The van der Waals surface area contributed by atoms with Gasteiger partial charge in [0.05, 0.1) is 18.2 Å². The molecule has 2 heterocycles. The molecule has 4 rings (SSSR count). The standard InChI is InChI=1S/C27H30ClFN4O4/c1-4-37-26(35)23-22(31(3)27(36)30-24(23)18-7-11-21(29)12-8-18)16-32-13-14-33(17(2)15-32)25(34)19-5-9-20(28)10-6-19/h5-12,17,24H,4,13-16H2,1-3H3,(H,30,36). The van der Waals surface area contributed by atoms with E-state index in [1.165, 1.54) is 17.0 Å². The van der Waals surface area contributed by atoms with Crippen molar-refractivity contribution in [1.29, 1.82) is 0 Å². The fraction of sp³-hybridized carbons (Fsp3) is 0.370. The first kappa shape index (κ1) is 26.6. The molecule has 10 heteroatoms. The Balaban J connectivity index is 1.59. The number of ether oxygens (including phenoxy) is 1. The summed E-state index contributed by atoms with van der Waals surface area (Å²) < 4.78 is 18.9. The molecule has 0 bridgehead atoms. The summed E-state index contributed by atoms with van der Waals surface area (Å²) in [6.45, 7) is 5.76. The van der Waals surface area contributed by atoms with Crippen LogP contribution in [-0.2, 0) is 9.53 Å². The second kappa shape index (κ2) is 11.3. The molecule has 8 nitrogen and oxygen atoms in total. The number of nitrogens with zero attached hydrogens (tertiary/aromatic N) is 3. The number of benzene rings is 2. The first-order valence-corrected chi connectivity index (χ1v) is 12.6. The molecule has 37 heavy (non-hydrogen) atoms. The van der Waals surface area contributed by atoms with E-state index < -0.39 is 17.8 Å². The van der Waals surface area contributed by atoms with Crippen LogP contribution in [0, 0.1) is 5.82 Å². The quantitative estimate of drug-likeness (QED) is 0.576. The van der Waals surface area contributed by atoms with E-state index in [1.54, 1.807) is 50.4 Å². The van der Waals surface area contributed by atoms with Crippen molar-refractivity contribution in [2.75, 3.05) is 39.8 Å². The van der Waals surface area contributed by atoms with E-state index in [-0.39, 0.29) is 24.6 Å². The van der Waals surface area contributed by atoms with Gasteiger partial charge >= 0.3 is 12.0 Å². The number of amides is 3. The van der Waals surface area contributed by atoms with E-state index >= 15 is 0 Å². The third-order valence-electron chi connectivity index (χ3n) is 6.71. The van der Waals surface area contributed by atoms with E-state index in [9.17, 15) is 18.8 Å². The molecule has 2 aliphatic rings. The van der Waals surface area contributed by atoms with Crippen molar-refractivity contribution >= 4 is 29.5 Å². The Bertz CT molecular complexity index is 1200. The molecule has 2 aromatic rings. The number of urea groups is 1. The molecule has 196 valence electrons. The summed E-state index contributed by atoms with van der Waals surface area (Å²) in [6, 6.07) is 11.3. The Morgan fingerprint density at radius 3 is 2.41 bits per heavy atom. The Labute approximate surface area is 220 Å². The van der Waals surface area contributed by atoms with E-state index in [1.807, 2.05) is 11.8 Å². The van der Waals surface area contributed by atoms with Gasteiger partial charge in [0, 0.05) is 55.6 Å². The van der Waals surface area contributed by atoms with Gasteiger partial charge in [-0.15, -0.1) is 0 Å². The van der Waals surface area contributed by atoms with Crippen LogP contribution in [0.1, 0.15) is 35.8 Å². The number of carbonyl (C=O) groups is 3. The molecule has 1 fully saturated rings. The summed E-state index contributed by atoms with van der Waals surface area (Å²) in [5.41, 5.74) is 1.97. The van der Waals surface area contributed by atoms with Crippen LogP contribution in [0.4, 0.5) is 9.18 Å². The molecule has 1 saturated heterocycles. The molecular formula is C27H30ClFN4O4. The first-order chi connectivity index (χ1) is 17.7. The fourth-order valence-corrected chi connectivity index (χ4v) is 4.88. The van der Waals surface area contributed by atoms with Crippen LogP contribution < -0.4 is 5.32 Å². The van der Waals surface area contributed by atoms with Gasteiger partial charge in [-0.1, -0.05) is 23.7 Å². The largest absolute Gasteiger partial charge is 0.463 e. The lowest BCUT2D eigenvalue weighted by atomic mass is 9.94. The van der Waals surface area contributed by atoms with Crippen molar-refractivity contribution in [3.05, 3.63) is 81.8 Å². The number of rotatable bonds is 6. The molecule has 0 radical (unpaired) electrons. The van der Waals surface area contributed by atoms with Crippen LogP contribution in [0.25, 0.3) is 0 Å². The van der Waals surface area contributed by atoms with Crippen LogP contribution in [0.3, 0.4) is 0 Å². The molecule has 2 aromatic carbocycles. The lowest BCUT2D eigenvalue weighted by molar-refractivity contribution is -0.139. The average molecular weight is 529 g/mol. The predicted molar refractivity (Wildman–Crippen MR) is 137 cm³/mol. The number of nitrogens with one attached hydrogen (secondary N) is 1. The monoisotopic (exact) mass is 528 g/mol. The summed E-state index contributed by atoms with van der Waals surface area (Å²) in [5, 5.41) is 3.41. The summed E-state index contributed by atoms with van der Waals surface area (Å²) in [4.78, 5) is 44.4. The smallest absolute Gasteiger partial charge is 0.338 e. The van der Waals surface area contributed by atoms with Crippen molar-refractivity contribution in [3.63, 3.8) is 0 Å². The SMILES string of the molecule is CCOC(=O)C1=C(CN2CCN(C(=O)c3ccc(Cl)cc3)C(C)C2)N(C)C(=O)NC1c1ccc(F)cc1. The van der Waals surface area contributed by atoms with Crippen molar-refractivity contribution in [1.82, 2.24) is 20.0 Å². The summed E-state index contributed by atoms with van der Waals surface area (Å²) in [6.07, 6.45) is 0. The third kappa shape index (κ3) is 5.78. The summed E-state index contributed by atoms with van der Waals surface area (Å²) in [7, 11) is 1.61. The van der Waals surface area contributed by atoms with Crippen LogP contribution in [-0.4, -0.2) is 78.5 Å². The number of carbonyl (C=O) groups excluding carboxylic acids is 3. The molecule has 0 saturated carbocycles. The average Bonchev–Trinajstić information content (AvgIpc) is 2.87. The van der Waals surface area contributed by atoms with E-state index in [0.717, 1.165) is 0 Å². The van der Waals surface area contributed by atoms with Gasteiger partial charge in [-0.2, -0.15) is 0 Å². The topological polar surface area (TPSA) is 82.2 Å². The van der Waals surface area contributed by atoms with E-state index in [0.29, 0.717) is 53.6 Å². The van der Waals surface area contributed by atoms with E-state index in [2.05, 4.69) is 10.2 Å². The molecule has 2 unspecified atom stereocenters. The maximum atomic E-state index is 13.6. The molecule has 0 aliphatic carbocycles. The Kier molecular flexibility index (Phi) is 8.14. The number of esters is 1. The predicted octanol–water partition coefficient (Wildman–Crippen LogP) is 3.84. The lowest BCUT2D eigenvalue weighted by Crippen LogP contribution is -2.56. The van der Waals surface area contributed by atoms with Gasteiger partial charge < -0.3 is 15.0 Å². The Morgan fingerprint density at radius 2 is 1.78 bits per heavy atom. The van der Waals surface area contributed by atoms with Gasteiger partial charge in [0.1, 0.15) is 5.82 Å². The molecule has 2 atom stereocenters. The zero-order valence-corrected chi connectivity index (χ0v) is 21.8. The number of halogens is 2. The van der Waals surface area contributed by atoms with Gasteiger partial charge in [0.2, 0.25) is 0 Å². The number of piperazine rings is 1. The Hall–Kier alpha value is -3.43. The molecular weight excluding hydrogens is 499 g/mol. The number of likely N-dealkylation sites (N-methyl/N-ethyl adjacent to an activating group) is 1. The minimum atomic E-state index is -0.774. The molecule has 3 amide bonds. The van der Waals surface area contributed by atoms with Crippen molar-refractivity contribution in [3.8, 4) is 0 Å². The molecule has 0 spiro atoms. The van der Waals surface area contributed by atoms with Crippen molar-refractivity contribution < 1.29 is 23.5 Å². The maximum Gasteiger partial charge on any atom is 0.338 e. The zero-order chi connectivity index (χ0) is 26.7. The fourth-order valence-electron chi connectivity index (χ4n) is 4.75. The lowest BCUT2D eigenvalue weighted by Gasteiger charge is -2.42. The maximum absolute atomic E-state index is 13.6. The van der Waals surface area contributed by atoms with Gasteiger partial charge in [-0.3, -0.25) is 14.6 Å². The van der Waals surface area contributed by atoms with Gasteiger partial charge in [0.25, 0.3) is 5.91 Å². The number of hydrogen-bond donors (Lipinski definition) is 1. The van der Waals surface area contributed by atoms with Crippen molar-refractivity contribution in [2.24, 2.45) is 0 Å².